The molecular formula is C20H22N2O3. The average molecular weight is 338 g/mol. The normalized spacial score (nSPS) is 23.8. The molecule has 0 saturated carbocycles. The molecule has 2 aromatic carbocycles. The van der Waals surface area contributed by atoms with Gasteiger partial charge in [0.15, 0.2) is 5.75 Å². The van der Waals surface area contributed by atoms with Crippen LogP contribution in [0.3, 0.4) is 0 Å². The summed E-state index contributed by atoms with van der Waals surface area (Å²) in [6.07, 6.45) is 1.08. The van der Waals surface area contributed by atoms with Crippen LogP contribution in [0, 0.1) is 0 Å². The van der Waals surface area contributed by atoms with Crippen molar-refractivity contribution in [2.24, 2.45) is 4.99 Å². The predicted octanol–water partition coefficient (Wildman–Crippen LogP) is 3.62. The van der Waals surface area contributed by atoms with E-state index in [0.29, 0.717) is 11.5 Å². The maximum Gasteiger partial charge on any atom is 0.230 e. The number of methoxy groups -OCH3 is 1. The van der Waals surface area contributed by atoms with E-state index >= 15 is 0 Å². The maximum atomic E-state index is 10.6. The molecule has 0 saturated heterocycles. The zero-order valence-corrected chi connectivity index (χ0v) is 14.9. The van der Waals surface area contributed by atoms with E-state index in [0.717, 1.165) is 16.9 Å². The number of aliphatic imine (C=N–C) groups is 1. The lowest BCUT2D eigenvalue weighted by Crippen LogP contribution is -2.64. The van der Waals surface area contributed by atoms with Crippen LogP contribution >= 0.6 is 0 Å². The standard InChI is InChI=1S/C20H22N2O3/c1-13(23)22-17-8-6-5-7-15(17)19(2,3)20(22)12-21-16-10-9-14(24-4)11-18(16)25-20/h5-13,23H,1-4H3. The molecule has 5 nitrogen and oxygen atoms in total. The Labute approximate surface area is 147 Å². The first-order valence-electron chi connectivity index (χ1n) is 8.40. The minimum absolute atomic E-state index is 0.412. The zero-order valence-electron chi connectivity index (χ0n) is 14.9. The van der Waals surface area contributed by atoms with Crippen LogP contribution in [0.25, 0.3) is 0 Å². The molecule has 1 N–H and O–H groups in total. The van der Waals surface area contributed by atoms with Gasteiger partial charge in [0, 0.05) is 11.8 Å². The Kier molecular flexibility index (Phi) is 3.34. The van der Waals surface area contributed by atoms with Gasteiger partial charge in [-0.1, -0.05) is 18.2 Å². The second-order valence-corrected chi connectivity index (χ2v) is 7.03. The number of benzene rings is 2. The summed E-state index contributed by atoms with van der Waals surface area (Å²) in [5, 5.41) is 10.6. The molecule has 0 aromatic heterocycles. The van der Waals surface area contributed by atoms with Gasteiger partial charge in [0.05, 0.1) is 18.7 Å². The van der Waals surface area contributed by atoms with Crippen molar-refractivity contribution in [2.75, 3.05) is 12.0 Å². The molecule has 130 valence electrons. The molecule has 2 atom stereocenters. The molecular weight excluding hydrogens is 316 g/mol. The number of para-hydroxylation sites is 1. The second-order valence-electron chi connectivity index (χ2n) is 7.03. The number of rotatable bonds is 2. The molecule has 2 aliphatic heterocycles. The van der Waals surface area contributed by atoms with Gasteiger partial charge in [-0.15, -0.1) is 0 Å². The summed E-state index contributed by atoms with van der Waals surface area (Å²) in [5.74, 6) is 1.36. The Morgan fingerprint density at radius 3 is 2.68 bits per heavy atom. The van der Waals surface area contributed by atoms with Crippen LogP contribution in [0.5, 0.6) is 11.5 Å². The van der Waals surface area contributed by atoms with Crippen LogP contribution in [0.15, 0.2) is 47.5 Å². The van der Waals surface area contributed by atoms with E-state index in [1.165, 1.54) is 0 Å². The van der Waals surface area contributed by atoms with Crippen molar-refractivity contribution in [3.8, 4) is 11.5 Å². The highest BCUT2D eigenvalue weighted by Gasteiger charge is 2.60. The molecule has 0 amide bonds. The zero-order chi connectivity index (χ0) is 17.8. The lowest BCUT2D eigenvalue weighted by atomic mass is 9.77. The van der Waals surface area contributed by atoms with Crippen molar-refractivity contribution in [1.29, 1.82) is 0 Å². The van der Waals surface area contributed by atoms with Gasteiger partial charge >= 0.3 is 0 Å². The summed E-state index contributed by atoms with van der Waals surface area (Å²) < 4.78 is 11.9. The molecule has 2 aliphatic rings. The van der Waals surface area contributed by atoms with E-state index in [1.54, 1.807) is 14.0 Å². The lowest BCUT2D eigenvalue weighted by molar-refractivity contribution is 0.0360. The molecule has 2 heterocycles. The van der Waals surface area contributed by atoms with Gasteiger partial charge in [0.2, 0.25) is 5.72 Å². The summed E-state index contributed by atoms with van der Waals surface area (Å²) in [5.41, 5.74) is 1.51. The molecule has 25 heavy (non-hydrogen) atoms. The first-order chi connectivity index (χ1) is 11.9. The summed E-state index contributed by atoms with van der Waals surface area (Å²) in [4.78, 5) is 6.55. The Hall–Kier alpha value is -2.53. The average Bonchev–Trinajstić information content (AvgIpc) is 2.79. The number of aliphatic hydroxyl groups is 1. The molecule has 0 aliphatic carbocycles. The lowest BCUT2D eigenvalue weighted by Gasteiger charge is -2.47. The molecule has 2 unspecified atom stereocenters. The fraction of sp³-hybridized carbons (Fsp3) is 0.350. The third-order valence-electron chi connectivity index (χ3n) is 5.28. The van der Waals surface area contributed by atoms with Crippen molar-refractivity contribution in [3.63, 3.8) is 0 Å². The minimum atomic E-state index is -0.912. The van der Waals surface area contributed by atoms with E-state index in [-0.39, 0.29) is 0 Å². The third-order valence-corrected chi connectivity index (χ3v) is 5.28. The van der Waals surface area contributed by atoms with Crippen molar-refractivity contribution < 1.29 is 14.6 Å². The Bertz CT molecular complexity index is 860. The van der Waals surface area contributed by atoms with E-state index < -0.39 is 17.4 Å². The van der Waals surface area contributed by atoms with Crippen LogP contribution in [0.4, 0.5) is 11.4 Å². The van der Waals surface area contributed by atoms with Gasteiger partial charge in [-0.05, 0) is 44.5 Å². The van der Waals surface area contributed by atoms with E-state index in [9.17, 15) is 5.11 Å². The topological polar surface area (TPSA) is 54.3 Å². The van der Waals surface area contributed by atoms with Crippen LogP contribution in [0.1, 0.15) is 26.3 Å². The van der Waals surface area contributed by atoms with Gasteiger partial charge in [-0.25, -0.2) is 0 Å². The van der Waals surface area contributed by atoms with E-state index in [4.69, 9.17) is 9.47 Å². The molecule has 5 heteroatoms. The number of nitrogens with zero attached hydrogens (tertiary/aromatic N) is 2. The van der Waals surface area contributed by atoms with E-state index in [1.807, 2.05) is 47.5 Å². The van der Waals surface area contributed by atoms with Gasteiger partial charge in [-0.3, -0.25) is 4.99 Å². The highest BCUT2D eigenvalue weighted by molar-refractivity contribution is 5.88. The first-order valence-corrected chi connectivity index (χ1v) is 8.40. The predicted molar refractivity (Wildman–Crippen MR) is 98.1 cm³/mol. The van der Waals surface area contributed by atoms with Gasteiger partial charge < -0.3 is 19.5 Å². The Morgan fingerprint density at radius 2 is 1.96 bits per heavy atom. The number of aliphatic hydroxyl groups excluding tert-OH is 1. The second kappa shape index (κ2) is 5.23. The first kappa shape index (κ1) is 16.0. The highest BCUT2D eigenvalue weighted by Crippen LogP contribution is 2.54. The smallest absolute Gasteiger partial charge is 0.230 e. The monoisotopic (exact) mass is 338 g/mol. The van der Waals surface area contributed by atoms with Crippen LogP contribution in [-0.4, -0.2) is 30.4 Å². The van der Waals surface area contributed by atoms with Crippen LogP contribution < -0.4 is 14.4 Å². The van der Waals surface area contributed by atoms with Crippen LogP contribution in [0.2, 0.25) is 0 Å². The van der Waals surface area contributed by atoms with E-state index in [2.05, 4.69) is 24.9 Å². The quantitative estimate of drug-likeness (QED) is 0.909. The molecule has 0 radical (unpaired) electrons. The number of hydrogen-bond donors (Lipinski definition) is 1. The van der Waals surface area contributed by atoms with Gasteiger partial charge in [-0.2, -0.15) is 0 Å². The fourth-order valence-corrected chi connectivity index (χ4v) is 3.93. The Balaban J connectivity index is 1.91. The number of fused-ring (bicyclic) bond motifs is 2. The molecule has 0 fully saturated rings. The summed E-state index contributed by atoms with van der Waals surface area (Å²) in [6.45, 7) is 5.98. The molecule has 4 rings (SSSR count). The molecule has 1 spiro atoms. The summed E-state index contributed by atoms with van der Waals surface area (Å²) in [7, 11) is 1.63. The van der Waals surface area contributed by atoms with Crippen molar-refractivity contribution >= 4 is 17.6 Å². The molecule has 0 bridgehead atoms. The Morgan fingerprint density at radius 1 is 1.20 bits per heavy atom. The fourth-order valence-electron chi connectivity index (χ4n) is 3.93. The third kappa shape index (κ3) is 2.02. The number of ether oxygens (including phenoxy) is 2. The summed E-state index contributed by atoms with van der Waals surface area (Å²) in [6, 6.07) is 13.6. The maximum absolute atomic E-state index is 10.6. The van der Waals surface area contributed by atoms with Gasteiger partial charge in [0.25, 0.3) is 0 Å². The minimum Gasteiger partial charge on any atom is -0.497 e. The summed E-state index contributed by atoms with van der Waals surface area (Å²) >= 11 is 0. The SMILES string of the molecule is COc1ccc2c(c1)OC1(C=N2)N(C(C)O)c2ccccc2C1(C)C. The van der Waals surface area contributed by atoms with Crippen molar-refractivity contribution in [3.05, 3.63) is 48.0 Å². The highest BCUT2D eigenvalue weighted by atomic mass is 16.5. The number of hydrogen-bond acceptors (Lipinski definition) is 5. The number of anilines is 1. The van der Waals surface area contributed by atoms with Crippen molar-refractivity contribution in [1.82, 2.24) is 0 Å². The molecule has 2 aromatic rings. The van der Waals surface area contributed by atoms with Crippen LogP contribution in [-0.2, 0) is 5.41 Å². The van der Waals surface area contributed by atoms with Crippen molar-refractivity contribution in [2.45, 2.75) is 38.1 Å². The van der Waals surface area contributed by atoms with Gasteiger partial charge in [0.1, 0.15) is 17.7 Å². The largest absolute Gasteiger partial charge is 0.497 e.